The second kappa shape index (κ2) is 7.93. The lowest BCUT2D eigenvalue weighted by atomic mass is 10.1. The van der Waals surface area contributed by atoms with Crippen LogP contribution in [0.4, 0.5) is 0 Å². The summed E-state index contributed by atoms with van der Waals surface area (Å²) in [7, 11) is 0. The van der Waals surface area contributed by atoms with Crippen molar-refractivity contribution < 1.29 is 0 Å². The molecule has 1 fully saturated rings. The van der Waals surface area contributed by atoms with Crippen LogP contribution in [0.5, 0.6) is 0 Å². The van der Waals surface area contributed by atoms with Crippen LogP contribution in [0.2, 0.25) is 0 Å². The molecule has 0 bridgehead atoms. The highest BCUT2D eigenvalue weighted by Gasteiger charge is 2.25. The van der Waals surface area contributed by atoms with E-state index in [0.29, 0.717) is 0 Å². The molecule has 3 heterocycles. The molecule has 4 rings (SSSR count). The molecule has 0 aliphatic carbocycles. The van der Waals surface area contributed by atoms with Crippen LogP contribution in [0.1, 0.15) is 30.5 Å². The van der Waals surface area contributed by atoms with Crippen molar-refractivity contribution in [3.8, 4) is 0 Å². The first-order valence-electron chi connectivity index (χ1n) is 9.46. The summed E-state index contributed by atoms with van der Waals surface area (Å²) in [5.74, 6) is 2.03. The van der Waals surface area contributed by atoms with Gasteiger partial charge in [0, 0.05) is 38.6 Å². The van der Waals surface area contributed by atoms with Gasteiger partial charge >= 0.3 is 0 Å². The lowest BCUT2D eigenvalue weighted by Gasteiger charge is -2.35. The normalized spacial score (nSPS) is 18.4. The number of nitrogens with zero attached hydrogens (tertiary/aromatic N) is 5. The van der Waals surface area contributed by atoms with Crippen molar-refractivity contribution in [3.63, 3.8) is 0 Å². The molecule has 1 N–H and O–H groups in total. The Morgan fingerprint density at radius 2 is 1.88 bits per heavy atom. The van der Waals surface area contributed by atoms with Gasteiger partial charge in [-0.3, -0.25) is 4.90 Å². The van der Waals surface area contributed by atoms with E-state index >= 15 is 0 Å². The SMILES string of the molecule is Cc1nc2ccccc2n1CCCCN1CCNCC1c1ncccn1. The minimum atomic E-state index is 0.278. The molecule has 1 aromatic carbocycles. The fourth-order valence-corrected chi connectivity index (χ4v) is 3.81. The standard InChI is InChI=1S/C20H26N6/c1-16-24-17-7-2-3-8-18(17)26(16)13-5-4-12-25-14-11-21-15-19(25)20-22-9-6-10-23-20/h2-3,6-10,19,21H,4-5,11-15H2,1H3. The zero-order valence-electron chi connectivity index (χ0n) is 15.3. The average Bonchev–Trinajstić information content (AvgIpc) is 3.01. The van der Waals surface area contributed by atoms with Crippen molar-refractivity contribution in [2.75, 3.05) is 26.2 Å². The largest absolute Gasteiger partial charge is 0.328 e. The third kappa shape index (κ3) is 3.61. The molecular formula is C20H26N6. The molecule has 1 aliphatic rings. The molecule has 1 unspecified atom stereocenters. The molecule has 3 aromatic rings. The van der Waals surface area contributed by atoms with Gasteiger partial charge in [-0.05, 0) is 44.5 Å². The Balaban J connectivity index is 1.35. The van der Waals surface area contributed by atoms with Gasteiger partial charge in [-0.1, -0.05) is 12.1 Å². The predicted molar refractivity (Wildman–Crippen MR) is 103 cm³/mol. The quantitative estimate of drug-likeness (QED) is 0.693. The molecule has 6 nitrogen and oxygen atoms in total. The van der Waals surface area contributed by atoms with Gasteiger partial charge in [0.15, 0.2) is 0 Å². The number of para-hydroxylation sites is 2. The van der Waals surface area contributed by atoms with Gasteiger partial charge in [-0.15, -0.1) is 0 Å². The summed E-state index contributed by atoms with van der Waals surface area (Å²) in [5.41, 5.74) is 2.33. The number of nitrogens with one attached hydrogen (secondary N) is 1. The van der Waals surface area contributed by atoms with E-state index in [1.807, 2.05) is 18.5 Å². The van der Waals surface area contributed by atoms with Gasteiger partial charge < -0.3 is 9.88 Å². The number of aryl methyl sites for hydroxylation is 2. The number of hydrogen-bond donors (Lipinski definition) is 1. The fourth-order valence-electron chi connectivity index (χ4n) is 3.81. The van der Waals surface area contributed by atoms with E-state index in [0.717, 1.165) is 62.7 Å². The number of hydrogen-bond acceptors (Lipinski definition) is 5. The summed E-state index contributed by atoms with van der Waals surface area (Å²) < 4.78 is 2.34. The molecule has 6 heteroatoms. The summed E-state index contributed by atoms with van der Waals surface area (Å²) in [5, 5.41) is 3.47. The van der Waals surface area contributed by atoms with Gasteiger partial charge in [0.05, 0.1) is 17.1 Å². The number of piperazine rings is 1. The van der Waals surface area contributed by atoms with Gasteiger partial charge in [0.2, 0.25) is 0 Å². The third-order valence-electron chi connectivity index (χ3n) is 5.16. The van der Waals surface area contributed by atoms with Crippen molar-refractivity contribution in [1.29, 1.82) is 0 Å². The van der Waals surface area contributed by atoms with E-state index in [2.05, 4.69) is 60.9 Å². The highest BCUT2D eigenvalue weighted by atomic mass is 15.2. The summed E-state index contributed by atoms with van der Waals surface area (Å²) in [6.07, 6.45) is 5.98. The van der Waals surface area contributed by atoms with Crippen molar-refractivity contribution in [3.05, 3.63) is 54.4 Å². The number of rotatable bonds is 6. The number of fused-ring (bicyclic) bond motifs is 1. The Morgan fingerprint density at radius 1 is 1.08 bits per heavy atom. The van der Waals surface area contributed by atoms with E-state index in [9.17, 15) is 0 Å². The van der Waals surface area contributed by atoms with Crippen LogP contribution in [-0.2, 0) is 6.54 Å². The topological polar surface area (TPSA) is 58.9 Å². The molecule has 0 radical (unpaired) electrons. The molecule has 26 heavy (non-hydrogen) atoms. The predicted octanol–water partition coefficient (Wildman–Crippen LogP) is 2.56. The van der Waals surface area contributed by atoms with Crippen molar-refractivity contribution in [2.24, 2.45) is 0 Å². The van der Waals surface area contributed by atoms with Crippen LogP contribution < -0.4 is 5.32 Å². The van der Waals surface area contributed by atoms with Crippen LogP contribution in [0.15, 0.2) is 42.7 Å². The molecule has 136 valence electrons. The van der Waals surface area contributed by atoms with Gasteiger partial charge in [-0.25, -0.2) is 15.0 Å². The number of aromatic nitrogens is 4. The van der Waals surface area contributed by atoms with Crippen LogP contribution in [0.3, 0.4) is 0 Å². The first-order chi connectivity index (χ1) is 12.8. The Hall–Kier alpha value is -2.31. The Kier molecular flexibility index (Phi) is 5.22. The van der Waals surface area contributed by atoms with E-state index in [1.54, 1.807) is 0 Å². The zero-order valence-corrected chi connectivity index (χ0v) is 15.3. The Bertz CT molecular complexity index is 844. The van der Waals surface area contributed by atoms with Gasteiger partial charge in [0.1, 0.15) is 11.6 Å². The summed E-state index contributed by atoms with van der Waals surface area (Å²) >= 11 is 0. The molecule has 1 aliphatic heterocycles. The van der Waals surface area contributed by atoms with Crippen molar-refractivity contribution in [2.45, 2.75) is 32.4 Å². The number of unbranched alkanes of at least 4 members (excludes halogenated alkanes) is 1. The van der Waals surface area contributed by atoms with Crippen LogP contribution in [0.25, 0.3) is 11.0 Å². The molecule has 0 saturated carbocycles. The third-order valence-corrected chi connectivity index (χ3v) is 5.16. The van der Waals surface area contributed by atoms with Crippen molar-refractivity contribution >= 4 is 11.0 Å². The van der Waals surface area contributed by atoms with Crippen LogP contribution in [-0.4, -0.2) is 50.6 Å². The summed E-state index contributed by atoms with van der Waals surface area (Å²) in [6.45, 7) is 7.21. The van der Waals surface area contributed by atoms with E-state index in [4.69, 9.17) is 0 Å². The van der Waals surface area contributed by atoms with E-state index in [1.165, 1.54) is 5.52 Å². The maximum atomic E-state index is 4.66. The number of imidazole rings is 1. The fraction of sp³-hybridized carbons (Fsp3) is 0.450. The van der Waals surface area contributed by atoms with Crippen LogP contribution >= 0.6 is 0 Å². The summed E-state index contributed by atoms with van der Waals surface area (Å²) in [4.78, 5) is 16.1. The highest BCUT2D eigenvalue weighted by molar-refractivity contribution is 5.75. The molecule has 2 aromatic heterocycles. The minimum absolute atomic E-state index is 0.278. The average molecular weight is 350 g/mol. The monoisotopic (exact) mass is 350 g/mol. The first kappa shape index (κ1) is 17.1. The van der Waals surface area contributed by atoms with Gasteiger partial charge in [0.25, 0.3) is 0 Å². The molecule has 0 spiro atoms. The minimum Gasteiger partial charge on any atom is -0.328 e. The lowest BCUT2D eigenvalue weighted by Crippen LogP contribution is -2.46. The molecule has 1 atom stereocenters. The second-order valence-corrected chi connectivity index (χ2v) is 6.87. The Morgan fingerprint density at radius 3 is 2.77 bits per heavy atom. The molecular weight excluding hydrogens is 324 g/mol. The molecule has 0 amide bonds. The lowest BCUT2D eigenvalue weighted by molar-refractivity contribution is 0.152. The Labute approximate surface area is 154 Å². The highest BCUT2D eigenvalue weighted by Crippen LogP contribution is 2.20. The van der Waals surface area contributed by atoms with Crippen molar-refractivity contribution in [1.82, 2.24) is 29.7 Å². The van der Waals surface area contributed by atoms with E-state index in [-0.39, 0.29) is 6.04 Å². The smallest absolute Gasteiger partial charge is 0.146 e. The maximum absolute atomic E-state index is 4.66. The number of benzene rings is 1. The maximum Gasteiger partial charge on any atom is 0.146 e. The van der Waals surface area contributed by atoms with Crippen LogP contribution in [0, 0.1) is 6.92 Å². The second-order valence-electron chi connectivity index (χ2n) is 6.87. The summed E-state index contributed by atoms with van der Waals surface area (Å²) in [6, 6.07) is 10.5. The zero-order chi connectivity index (χ0) is 17.8. The van der Waals surface area contributed by atoms with E-state index < -0.39 is 0 Å². The first-order valence-corrected chi connectivity index (χ1v) is 9.46. The molecule has 1 saturated heterocycles. The van der Waals surface area contributed by atoms with Gasteiger partial charge in [-0.2, -0.15) is 0 Å².